The maximum absolute atomic E-state index is 12.8. The molecule has 0 radical (unpaired) electrons. The van der Waals surface area contributed by atoms with E-state index in [1.807, 2.05) is 42.3 Å². The number of nitrogens with one attached hydrogen (secondary N) is 1. The minimum atomic E-state index is -0.286. The highest BCUT2D eigenvalue weighted by molar-refractivity contribution is 5.79. The van der Waals surface area contributed by atoms with Crippen LogP contribution in [0.2, 0.25) is 0 Å². The first-order valence-corrected chi connectivity index (χ1v) is 9.58. The van der Waals surface area contributed by atoms with E-state index in [0.717, 1.165) is 31.5 Å². The molecular formula is C20H29N3O3. The Morgan fingerprint density at radius 3 is 2.42 bits per heavy atom. The van der Waals surface area contributed by atoms with Gasteiger partial charge in [-0.05, 0) is 44.3 Å². The van der Waals surface area contributed by atoms with Gasteiger partial charge in [0.25, 0.3) is 0 Å². The van der Waals surface area contributed by atoms with Gasteiger partial charge in [-0.3, -0.25) is 4.79 Å². The molecule has 2 aliphatic heterocycles. The van der Waals surface area contributed by atoms with Crippen molar-refractivity contribution >= 4 is 12.0 Å². The summed E-state index contributed by atoms with van der Waals surface area (Å²) in [6.07, 6.45) is 3.19. The number of carbonyl (C=O) groups is 2. The first-order chi connectivity index (χ1) is 12.6. The maximum Gasteiger partial charge on any atom is 0.410 e. The number of ether oxygens (including phenoxy) is 1. The molecule has 2 fully saturated rings. The molecule has 0 unspecified atom stereocenters. The molecule has 0 bridgehead atoms. The average molecular weight is 359 g/mol. The summed E-state index contributed by atoms with van der Waals surface area (Å²) in [5.41, 5.74) is 0.981. The van der Waals surface area contributed by atoms with Crippen LogP contribution in [0.4, 0.5) is 4.79 Å². The number of amides is 2. The fraction of sp³-hybridized carbons (Fsp3) is 0.600. The third-order valence-corrected chi connectivity index (χ3v) is 5.51. The van der Waals surface area contributed by atoms with Crippen LogP contribution in [0.15, 0.2) is 30.3 Å². The normalized spacial score (nSPS) is 19.2. The Balaban J connectivity index is 1.43. The third kappa shape index (κ3) is 4.75. The Labute approximate surface area is 155 Å². The number of benzene rings is 1. The second kappa shape index (κ2) is 9.03. The van der Waals surface area contributed by atoms with Crippen LogP contribution in [0, 0.1) is 5.92 Å². The van der Waals surface area contributed by atoms with Gasteiger partial charge < -0.3 is 19.9 Å². The predicted molar refractivity (Wildman–Crippen MR) is 99.6 cm³/mol. The Hall–Kier alpha value is -2.08. The lowest BCUT2D eigenvalue weighted by Crippen LogP contribution is -2.48. The van der Waals surface area contributed by atoms with Crippen molar-refractivity contribution in [2.24, 2.45) is 5.92 Å². The fourth-order valence-corrected chi connectivity index (χ4v) is 3.78. The summed E-state index contributed by atoms with van der Waals surface area (Å²) in [5.74, 6) is 0.252. The van der Waals surface area contributed by atoms with E-state index in [4.69, 9.17) is 4.74 Å². The SMILES string of the molecule is CN(C(=O)C1CCN(C(=O)OCc2ccccc2)CC1)C1CCNCC1. The third-order valence-electron chi connectivity index (χ3n) is 5.51. The van der Waals surface area contributed by atoms with Gasteiger partial charge in [-0.1, -0.05) is 30.3 Å². The molecule has 6 nitrogen and oxygen atoms in total. The summed E-state index contributed by atoms with van der Waals surface area (Å²) in [7, 11) is 1.93. The summed E-state index contributed by atoms with van der Waals surface area (Å²) in [5, 5.41) is 3.33. The van der Waals surface area contributed by atoms with Gasteiger partial charge in [0.1, 0.15) is 6.61 Å². The molecular weight excluding hydrogens is 330 g/mol. The zero-order valence-corrected chi connectivity index (χ0v) is 15.5. The number of hydrogen-bond acceptors (Lipinski definition) is 4. The Morgan fingerprint density at radius 2 is 1.77 bits per heavy atom. The lowest BCUT2D eigenvalue weighted by molar-refractivity contribution is -0.138. The Kier molecular flexibility index (Phi) is 6.50. The van der Waals surface area contributed by atoms with Crippen LogP contribution in [0.3, 0.4) is 0 Å². The molecule has 1 N–H and O–H groups in total. The lowest BCUT2D eigenvalue weighted by Gasteiger charge is -2.37. The van der Waals surface area contributed by atoms with E-state index in [1.54, 1.807) is 4.90 Å². The highest BCUT2D eigenvalue weighted by Crippen LogP contribution is 2.22. The summed E-state index contributed by atoms with van der Waals surface area (Å²) in [4.78, 5) is 28.6. The molecule has 2 saturated heterocycles. The molecule has 0 atom stereocenters. The summed E-state index contributed by atoms with van der Waals surface area (Å²) < 4.78 is 5.39. The number of likely N-dealkylation sites (tertiary alicyclic amines) is 1. The standard InChI is InChI=1S/C20H29N3O3/c1-22(18-7-11-21-12-8-18)19(24)17-9-13-23(14-10-17)20(25)26-15-16-5-3-2-4-6-16/h2-6,17-18,21H,7-15H2,1H3. The van der Waals surface area contributed by atoms with Gasteiger partial charge in [0, 0.05) is 32.1 Å². The highest BCUT2D eigenvalue weighted by Gasteiger charge is 2.32. The first-order valence-electron chi connectivity index (χ1n) is 9.58. The molecule has 0 aromatic heterocycles. The van der Waals surface area contributed by atoms with Crippen LogP contribution in [-0.4, -0.2) is 61.1 Å². The van der Waals surface area contributed by atoms with Crippen molar-refractivity contribution in [2.75, 3.05) is 33.2 Å². The van der Waals surface area contributed by atoms with Crippen LogP contribution >= 0.6 is 0 Å². The molecule has 3 rings (SSSR count). The number of hydrogen-bond donors (Lipinski definition) is 1. The smallest absolute Gasteiger partial charge is 0.410 e. The second-order valence-electron chi connectivity index (χ2n) is 7.23. The van der Waals surface area contributed by atoms with E-state index in [9.17, 15) is 9.59 Å². The van der Waals surface area contributed by atoms with Gasteiger partial charge in [0.05, 0.1) is 0 Å². The minimum absolute atomic E-state index is 0.0214. The Bertz CT molecular complexity index is 594. The fourth-order valence-electron chi connectivity index (χ4n) is 3.78. The van der Waals surface area contributed by atoms with E-state index in [0.29, 0.717) is 32.0 Å². The van der Waals surface area contributed by atoms with Crippen molar-refractivity contribution in [1.82, 2.24) is 15.1 Å². The summed E-state index contributed by atoms with van der Waals surface area (Å²) in [6.45, 7) is 3.42. The van der Waals surface area contributed by atoms with E-state index in [1.165, 1.54) is 0 Å². The number of nitrogens with zero attached hydrogens (tertiary/aromatic N) is 2. The number of piperidine rings is 2. The zero-order valence-electron chi connectivity index (χ0n) is 15.5. The molecule has 26 heavy (non-hydrogen) atoms. The van der Waals surface area contributed by atoms with Crippen LogP contribution in [0.25, 0.3) is 0 Å². The number of carbonyl (C=O) groups excluding carboxylic acids is 2. The van der Waals surface area contributed by atoms with Crippen LogP contribution < -0.4 is 5.32 Å². The van der Waals surface area contributed by atoms with Crippen LogP contribution in [-0.2, 0) is 16.1 Å². The summed E-state index contributed by atoms with van der Waals surface area (Å²) in [6, 6.07) is 10.0. The molecule has 2 heterocycles. The van der Waals surface area contributed by atoms with Crippen molar-refractivity contribution in [2.45, 2.75) is 38.3 Å². The van der Waals surface area contributed by atoms with Crippen LogP contribution in [0.5, 0.6) is 0 Å². The van der Waals surface area contributed by atoms with Gasteiger partial charge >= 0.3 is 6.09 Å². The van der Waals surface area contributed by atoms with Crippen molar-refractivity contribution < 1.29 is 14.3 Å². The van der Waals surface area contributed by atoms with E-state index >= 15 is 0 Å². The highest BCUT2D eigenvalue weighted by atomic mass is 16.6. The average Bonchev–Trinajstić information content (AvgIpc) is 2.72. The van der Waals surface area contributed by atoms with Crippen molar-refractivity contribution in [3.05, 3.63) is 35.9 Å². The molecule has 1 aromatic carbocycles. The van der Waals surface area contributed by atoms with Gasteiger partial charge in [0.2, 0.25) is 5.91 Å². The largest absolute Gasteiger partial charge is 0.445 e. The number of rotatable bonds is 4. The molecule has 2 aliphatic rings. The maximum atomic E-state index is 12.8. The monoisotopic (exact) mass is 359 g/mol. The lowest BCUT2D eigenvalue weighted by atomic mass is 9.94. The summed E-state index contributed by atoms with van der Waals surface area (Å²) >= 11 is 0. The van der Waals surface area contributed by atoms with Crippen molar-refractivity contribution in [1.29, 1.82) is 0 Å². The molecule has 0 saturated carbocycles. The quantitative estimate of drug-likeness (QED) is 0.896. The molecule has 142 valence electrons. The van der Waals surface area contributed by atoms with E-state index < -0.39 is 0 Å². The first kappa shape index (κ1) is 18.7. The molecule has 0 aliphatic carbocycles. The van der Waals surface area contributed by atoms with Gasteiger partial charge in [-0.25, -0.2) is 4.79 Å². The zero-order chi connectivity index (χ0) is 18.4. The van der Waals surface area contributed by atoms with Gasteiger partial charge in [-0.2, -0.15) is 0 Å². The van der Waals surface area contributed by atoms with Gasteiger partial charge in [-0.15, -0.1) is 0 Å². The van der Waals surface area contributed by atoms with Gasteiger partial charge in [0.15, 0.2) is 0 Å². The molecule has 6 heteroatoms. The minimum Gasteiger partial charge on any atom is -0.445 e. The molecule has 1 aromatic rings. The second-order valence-corrected chi connectivity index (χ2v) is 7.23. The van der Waals surface area contributed by atoms with Crippen molar-refractivity contribution in [3.8, 4) is 0 Å². The Morgan fingerprint density at radius 1 is 1.12 bits per heavy atom. The topological polar surface area (TPSA) is 61.9 Å². The van der Waals surface area contributed by atoms with Crippen molar-refractivity contribution in [3.63, 3.8) is 0 Å². The van der Waals surface area contributed by atoms with E-state index in [-0.39, 0.29) is 24.5 Å². The van der Waals surface area contributed by atoms with Crippen LogP contribution in [0.1, 0.15) is 31.2 Å². The molecule has 2 amide bonds. The molecule has 0 spiro atoms. The predicted octanol–water partition coefficient (Wildman–Crippen LogP) is 2.25. The van der Waals surface area contributed by atoms with E-state index in [2.05, 4.69) is 5.32 Å².